The maximum absolute atomic E-state index is 5.74. The second-order valence-electron chi connectivity index (χ2n) is 1.87. The predicted molar refractivity (Wildman–Crippen MR) is 50.5 cm³/mol. The van der Waals surface area contributed by atoms with Gasteiger partial charge in [-0.2, -0.15) is 0 Å². The van der Waals surface area contributed by atoms with Crippen molar-refractivity contribution in [1.29, 1.82) is 0 Å². The van der Waals surface area contributed by atoms with Crippen molar-refractivity contribution in [2.45, 2.75) is 10.6 Å². The Labute approximate surface area is 74.9 Å². The average molecular weight is 191 g/mol. The van der Waals surface area contributed by atoms with E-state index in [0.717, 1.165) is 20.5 Å². The van der Waals surface area contributed by atoms with Gasteiger partial charge in [0.1, 0.15) is 0 Å². The first kappa shape index (κ1) is 8.18. The summed E-state index contributed by atoms with van der Waals surface area (Å²) in [4.78, 5) is 0. The van der Waals surface area contributed by atoms with Crippen molar-refractivity contribution in [3.8, 4) is 0 Å². The molecular formula is C7H7ClS2. The number of halogens is 1. The lowest BCUT2D eigenvalue weighted by molar-refractivity contribution is 1.25. The molecule has 0 radical (unpaired) electrons. The van der Waals surface area contributed by atoms with Gasteiger partial charge in [-0.3, -0.25) is 0 Å². The highest BCUT2D eigenvalue weighted by Crippen LogP contribution is 2.29. The maximum Gasteiger partial charge on any atom is 0.0943 e. The van der Waals surface area contributed by atoms with Crippen LogP contribution in [0.2, 0.25) is 4.34 Å². The summed E-state index contributed by atoms with van der Waals surface area (Å²) in [5.74, 6) is 0. The molecule has 0 unspecified atom stereocenters. The Hall–Kier alpha value is 0.0800. The predicted octanol–water partition coefficient (Wildman–Crippen LogP) is 3.42. The van der Waals surface area contributed by atoms with Crippen molar-refractivity contribution < 1.29 is 0 Å². The van der Waals surface area contributed by atoms with Gasteiger partial charge < -0.3 is 0 Å². The van der Waals surface area contributed by atoms with Crippen molar-refractivity contribution in [1.82, 2.24) is 0 Å². The van der Waals surface area contributed by atoms with Gasteiger partial charge in [0, 0.05) is 0 Å². The molecule has 0 atom stereocenters. The molecule has 0 aromatic carbocycles. The second kappa shape index (κ2) is 3.46. The van der Waals surface area contributed by atoms with E-state index < -0.39 is 0 Å². The Morgan fingerprint density at radius 1 is 1.80 bits per heavy atom. The van der Waals surface area contributed by atoms with Gasteiger partial charge in [0.15, 0.2) is 0 Å². The minimum atomic E-state index is 0.793. The van der Waals surface area contributed by atoms with Gasteiger partial charge in [0.25, 0.3) is 0 Å². The molecule has 1 rings (SSSR count). The fourth-order valence-corrected chi connectivity index (χ4v) is 2.32. The second-order valence-corrected chi connectivity index (χ2v) is 4.31. The van der Waals surface area contributed by atoms with Crippen LogP contribution in [-0.2, 0) is 6.42 Å². The van der Waals surface area contributed by atoms with Gasteiger partial charge in [-0.15, -0.1) is 30.5 Å². The Kier molecular flexibility index (Phi) is 2.83. The summed E-state index contributed by atoms with van der Waals surface area (Å²) >= 11 is 11.5. The first-order valence-electron chi connectivity index (χ1n) is 2.82. The van der Waals surface area contributed by atoms with Gasteiger partial charge >= 0.3 is 0 Å². The van der Waals surface area contributed by atoms with Crippen LogP contribution >= 0.6 is 35.6 Å². The van der Waals surface area contributed by atoms with Crippen molar-refractivity contribution >= 4 is 35.6 Å². The minimum absolute atomic E-state index is 0.793. The highest BCUT2D eigenvalue weighted by Gasteiger charge is 2.01. The molecule has 0 nitrogen and oxygen atoms in total. The Morgan fingerprint density at radius 2 is 2.50 bits per heavy atom. The van der Waals surface area contributed by atoms with E-state index in [4.69, 9.17) is 11.6 Å². The lowest BCUT2D eigenvalue weighted by Gasteiger charge is -1.88. The molecule has 54 valence electrons. The summed E-state index contributed by atoms with van der Waals surface area (Å²) in [6.45, 7) is 3.63. The molecule has 0 aliphatic rings. The highest BCUT2D eigenvalue weighted by molar-refractivity contribution is 7.83. The topological polar surface area (TPSA) is 0 Å². The first-order chi connectivity index (χ1) is 4.74. The third-order valence-electron chi connectivity index (χ3n) is 1.12. The molecule has 1 aromatic rings. The zero-order valence-electron chi connectivity index (χ0n) is 5.30. The van der Waals surface area contributed by atoms with Gasteiger partial charge in [0.05, 0.1) is 8.55 Å². The van der Waals surface area contributed by atoms with Crippen molar-refractivity contribution in [2.24, 2.45) is 0 Å². The smallest absolute Gasteiger partial charge is 0.0943 e. The van der Waals surface area contributed by atoms with Crippen molar-refractivity contribution in [3.05, 3.63) is 28.6 Å². The van der Waals surface area contributed by atoms with E-state index in [1.165, 1.54) is 11.3 Å². The summed E-state index contributed by atoms with van der Waals surface area (Å²) in [6, 6.07) is 1.93. The maximum atomic E-state index is 5.74. The van der Waals surface area contributed by atoms with Gasteiger partial charge in [-0.05, 0) is 18.1 Å². The van der Waals surface area contributed by atoms with E-state index in [1.54, 1.807) is 0 Å². The third-order valence-corrected chi connectivity index (χ3v) is 2.79. The van der Waals surface area contributed by atoms with E-state index in [9.17, 15) is 0 Å². The van der Waals surface area contributed by atoms with E-state index >= 15 is 0 Å². The molecule has 0 fully saturated rings. The number of hydrogen-bond donors (Lipinski definition) is 1. The Balaban J connectivity index is 2.91. The molecule has 0 saturated heterocycles. The fourth-order valence-electron chi connectivity index (χ4n) is 0.688. The normalized spacial score (nSPS) is 9.80. The lowest BCUT2D eigenvalue weighted by Crippen LogP contribution is -1.73. The Bertz CT molecular complexity index is 240. The van der Waals surface area contributed by atoms with Crippen molar-refractivity contribution in [2.75, 3.05) is 0 Å². The molecule has 0 saturated carbocycles. The molecule has 1 aromatic heterocycles. The van der Waals surface area contributed by atoms with Crippen LogP contribution in [0.15, 0.2) is 22.9 Å². The van der Waals surface area contributed by atoms with Crippen LogP contribution in [-0.4, -0.2) is 0 Å². The van der Waals surface area contributed by atoms with Crippen LogP contribution < -0.4 is 0 Å². The lowest BCUT2D eigenvalue weighted by atomic mass is 10.2. The number of hydrogen-bond acceptors (Lipinski definition) is 2. The molecule has 0 N–H and O–H groups in total. The van der Waals surface area contributed by atoms with E-state index in [1.807, 2.05) is 12.1 Å². The number of allylic oxidation sites excluding steroid dienone is 1. The zero-order chi connectivity index (χ0) is 7.56. The molecule has 0 aliphatic heterocycles. The molecule has 0 bridgehead atoms. The van der Waals surface area contributed by atoms with E-state index in [-0.39, 0.29) is 0 Å². The molecule has 0 amide bonds. The average Bonchev–Trinajstić information content (AvgIpc) is 2.13. The minimum Gasteiger partial charge on any atom is -0.132 e. The number of thiol groups is 1. The van der Waals surface area contributed by atoms with Crippen LogP contribution in [0, 0.1) is 0 Å². The summed E-state index contributed by atoms with van der Waals surface area (Å²) in [7, 11) is 0. The van der Waals surface area contributed by atoms with E-state index in [2.05, 4.69) is 19.2 Å². The molecule has 0 aliphatic carbocycles. The monoisotopic (exact) mass is 190 g/mol. The molecule has 10 heavy (non-hydrogen) atoms. The zero-order valence-corrected chi connectivity index (χ0v) is 7.77. The number of thiophene rings is 1. The first-order valence-corrected chi connectivity index (χ1v) is 4.46. The quantitative estimate of drug-likeness (QED) is 0.536. The molecule has 0 spiro atoms. The van der Waals surface area contributed by atoms with Crippen LogP contribution in [0.25, 0.3) is 0 Å². The molecule has 3 heteroatoms. The standard InChI is InChI=1S/C7H7ClS2/c1-2-3-5-4-6(8)10-7(5)9/h2,4,9H,1,3H2. The van der Waals surface area contributed by atoms with Crippen LogP contribution in [0.4, 0.5) is 0 Å². The summed E-state index contributed by atoms with van der Waals surface area (Å²) in [6.07, 6.45) is 2.69. The largest absolute Gasteiger partial charge is 0.132 e. The SMILES string of the molecule is C=CCc1cc(Cl)sc1S. The Morgan fingerprint density at radius 3 is 2.90 bits per heavy atom. The summed E-state index contributed by atoms with van der Waals surface area (Å²) < 4.78 is 1.78. The van der Waals surface area contributed by atoms with Crippen molar-refractivity contribution in [3.63, 3.8) is 0 Å². The van der Waals surface area contributed by atoms with Crippen LogP contribution in [0.5, 0.6) is 0 Å². The third kappa shape index (κ3) is 1.78. The fraction of sp³-hybridized carbons (Fsp3) is 0.143. The number of rotatable bonds is 2. The molecule has 1 heterocycles. The highest BCUT2D eigenvalue weighted by atomic mass is 35.5. The summed E-state index contributed by atoms with van der Waals surface area (Å²) in [5, 5.41) is 0. The van der Waals surface area contributed by atoms with Crippen LogP contribution in [0.1, 0.15) is 5.56 Å². The summed E-state index contributed by atoms with van der Waals surface area (Å²) in [5.41, 5.74) is 1.16. The van der Waals surface area contributed by atoms with Gasteiger partial charge in [0.2, 0.25) is 0 Å². The van der Waals surface area contributed by atoms with Gasteiger partial charge in [-0.25, -0.2) is 0 Å². The molecular weight excluding hydrogens is 184 g/mol. The van der Waals surface area contributed by atoms with E-state index in [0.29, 0.717) is 0 Å². The van der Waals surface area contributed by atoms with Gasteiger partial charge in [-0.1, -0.05) is 17.7 Å². The van der Waals surface area contributed by atoms with Crippen LogP contribution in [0.3, 0.4) is 0 Å².